The number of benzene rings is 1. The highest BCUT2D eigenvalue weighted by Crippen LogP contribution is 2.36. The van der Waals surface area contributed by atoms with Gasteiger partial charge in [0.1, 0.15) is 23.7 Å². The number of carbonyl (C=O) groups is 1. The molecule has 6 heteroatoms. The minimum absolute atomic E-state index is 0.131. The third-order valence-corrected chi connectivity index (χ3v) is 4.22. The topological polar surface area (TPSA) is 70.2 Å². The van der Waals surface area contributed by atoms with Crippen LogP contribution < -0.4 is 10.1 Å². The van der Waals surface area contributed by atoms with E-state index in [0.29, 0.717) is 18.8 Å². The fraction of sp³-hybridized carbons (Fsp3) is 0.412. The van der Waals surface area contributed by atoms with Crippen LogP contribution in [-0.4, -0.2) is 47.2 Å². The van der Waals surface area contributed by atoms with Gasteiger partial charge in [0.2, 0.25) is 0 Å². The number of rotatable bonds is 6. The molecule has 2 heterocycles. The van der Waals surface area contributed by atoms with E-state index in [9.17, 15) is 4.79 Å². The lowest BCUT2D eigenvalue weighted by atomic mass is 10.0. The molecule has 1 aromatic carbocycles. The molecule has 1 aliphatic rings. The number of para-hydroxylation sites is 1. The van der Waals surface area contributed by atoms with Crippen molar-refractivity contribution in [3.8, 4) is 17.0 Å². The second-order valence-electron chi connectivity index (χ2n) is 5.49. The molecule has 0 unspecified atom stereocenters. The summed E-state index contributed by atoms with van der Waals surface area (Å²) in [6.45, 7) is 8.02. The molecule has 122 valence electrons. The number of amides is 1. The van der Waals surface area contributed by atoms with Gasteiger partial charge in [-0.25, -0.2) is 0 Å². The van der Waals surface area contributed by atoms with Crippen molar-refractivity contribution in [2.75, 3.05) is 26.2 Å². The van der Waals surface area contributed by atoms with E-state index in [1.165, 1.54) is 0 Å². The molecule has 0 radical (unpaired) electrons. The Balaban J connectivity index is 1.71. The van der Waals surface area contributed by atoms with Crippen LogP contribution in [0.5, 0.6) is 5.75 Å². The van der Waals surface area contributed by atoms with Gasteiger partial charge in [-0.1, -0.05) is 26.0 Å². The first kappa shape index (κ1) is 15.6. The van der Waals surface area contributed by atoms with Crippen LogP contribution >= 0.6 is 0 Å². The number of carbonyl (C=O) groups excluding carboxylic acids is 1. The number of aromatic nitrogens is 2. The van der Waals surface area contributed by atoms with E-state index >= 15 is 0 Å². The highest BCUT2D eigenvalue weighted by Gasteiger charge is 2.25. The smallest absolute Gasteiger partial charge is 0.269 e. The van der Waals surface area contributed by atoms with Crippen molar-refractivity contribution in [1.82, 2.24) is 20.4 Å². The van der Waals surface area contributed by atoms with Gasteiger partial charge in [0.25, 0.3) is 5.91 Å². The summed E-state index contributed by atoms with van der Waals surface area (Å²) in [5.74, 6) is 0.675. The summed E-state index contributed by atoms with van der Waals surface area (Å²) in [6, 6.07) is 7.74. The summed E-state index contributed by atoms with van der Waals surface area (Å²) >= 11 is 0. The van der Waals surface area contributed by atoms with Crippen molar-refractivity contribution in [2.45, 2.75) is 20.5 Å². The number of hydrogen-bond donors (Lipinski definition) is 2. The Kier molecular flexibility index (Phi) is 4.62. The van der Waals surface area contributed by atoms with Gasteiger partial charge in [0, 0.05) is 24.2 Å². The van der Waals surface area contributed by atoms with Crippen molar-refractivity contribution >= 4 is 5.91 Å². The fourth-order valence-electron chi connectivity index (χ4n) is 2.81. The summed E-state index contributed by atoms with van der Waals surface area (Å²) in [5, 5.41) is 10.1. The predicted molar refractivity (Wildman–Crippen MR) is 88.5 cm³/mol. The summed E-state index contributed by atoms with van der Waals surface area (Å²) in [7, 11) is 0. The van der Waals surface area contributed by atoms with Crippen molar-refractivity contribution in [1.29, 1.82) is 0 Å². The lowest BCUT2D eigenvalue weighted by molar-refractivity contribution is 0.0941. The van der Waals surface area contributed by atoms with Crippen LogP contribution in [0.2, 0.25) is 0 Å². The molecule has 0 bridgehead atoms. The molecule has 6 nitrogen and oxygen atoms in total. The Morgan fingerprint density at radius 1 is 1.35 bits per heavy atom. The highest BCUT2D eigenvalue weighted by molar-refractivity contribution is 5.96. The summed E-state index contributed by atoms with van der Waals surface area (Å²) in [5.41, 5.74) is 3.05. The van der Waals surface area contributed by atoms with Gasteiger partial charge < -0.3 is 15.0 Å². The zero-order valence-corrected chi connectivity index (χ0v) is 13.6. The monoisotopic (exact) mass is 314 g/mol. The van der Waals surface area contributed by atoms with Crippen LogP contribution in [-0.2, 0) is 6.61 Å². The fourth-order valence-corrected chi connectivity index (χ4v) is 2.81. The average molecular weight is 314 g/mol. The average Bonchev–Trinajstić information content (AvgIpc) is 3.03. The third kappa shape index (κ3) is 3.07. The van der Waals surface area contributed by atoms with Crippen LogP contribution in [0.4, 0.5) is 0 Å². The molecule has 2 N–H and O–H groups in total. The van der Waals surface area contributed by atoms with Crippen LogP contribution in [0.3, 0.4) is 0 Å². The molecule has 0 spiro atoms. The minimum Gasteiger partial charge on any atom is -0.488 e. The number of nitrogens with one attached hydrogen (secondary N) is 2. The molecule has 2 aromatic rings. The Morgan fingerprint density at radius 3 is 2.91 bits per heavy atom. The van der Waals surface area contributed by atoms with Gasteiger partial charge in [0.15, 0.2) is 0 Å². The molecule has 1 amide bonds. The molecule has 0 aliphatic carbocycles. The molecule has 0 atom stereocenters. The van der Waals surface area contributed by atoms with E-state index in [4.69, 9.17) is 4.74 Å². The Morgan fingerprint density at radius 2 is 2.13 bits per heavy atom. The standard InChI is InChI=1S/C17H22N4O2/c1-3-21(4-2)10-9-18-17(22)16-13-11-23-14-8-6-5-7-12(14)15(13)19-20-16/h5-8H,3-4,9-11H2,1-2H3,(H,18,22)(H,19,20). The first-order valence-corrected chi connectivity index (χ1v) is 8.04. The minimum atomic E-state index is -0.131. The van der Waals surface area contributed by atoms with E-state index in [0.717, 1.165) is 42.2 Å². The SMILES string of the molecule is CCN(CC)CCNC(=O)c1[nH]nc2c1COc1ccccc1-2. The largest absolute Gasteiger partial charge is 0.488 e. The molecular weight excluding hydrogens is 292 g/mol. The first-order valence-electron chi connectivity index (χ1n) is 8.04. The normalized spacial score (nSPS) is 12.5. The molecule has 23 heavy (non-hydrogen) atoms. The number of hydrogen-bond acceptors (Lipinski definition) is 4. The summed E-state index contributed by atoms with van der Waals surface area (Å²) in [6.07, 6.45) is 0. The zero-order chi connectivity index (χ0) is 16.2. The maximum Gasteiger partial charge on any atom is 0.269 e. The first-order chi connectivity index (χ1) is 11.2. The van der Waals surface area contributed by atoms with Crippen LogP contribution in [0, 0.1) is 0 Å². The second kappa shape index (κ2) is 6.83. The van der Waals surface area contributed by atoms with Crippen molar-refractivity contribution in [2.24, 2.45) is 0 Å². The van der Waals surface area contributed by atoms with E-state index in [2.05, 4.69) is 34.3 Å². The molecule has 3 rings (SSSR count). The molecule has 1 aromatic heterocycles. The van der Waals surface area contributed by atoms with E-state index < -0.39 is 0 Å². The number of fused-ring (bicyclic) bond motifs is 3. The zero-order valence-electron chi connectivity index (χ0n) is 13.6. The molecule has 0 saturated heterocycles. The van der Waals surface area contributed by atoms with Gasteiger partial charge in [-0.3, -0.25) is 9.89 Å². The lowest BCUT2D eigenvalue weighted by Crippen LogP contribution is -2.35. The van der Waals surface area contributed by atoms with Gasteiger partial charge in [-0.15, -0.1) is 0 Å². The molecule has 0 saturated carbocycles. The maximum atomic E-state index is 12.4. The van der Waals surface area contributed by atoms with E-state index in [-0.39, 0.29) is 5.91 Å². The van der Waals surface area contributed by atoms with Crippen LogP contribution in [0.15, 0.2) is 24.3 Å². The quantitative estimate of drug-likeness (QED) is 0.856. The Bertz CT molecular complexity index is 692. The number of H-pyrrole nitrogens is 1. The Hall–Kier alpha value is -2.34. The predicted octanol–water partition coefficient (Wildman–Crippen LogP) is 2.04. The van der Waals surface area contributed by atoms with Gasteiger partial charge >= 0.3 is 0 Å². The molecular formula is C17H22N4O2. The summed E-state index contributed by atoms with van der Waals surface area (Å²) in [4.78, 5) is 14.7. The second-order valence-corrected chi connectivity index (χ2v) is 5.49. The van der Waals surface area contributed by atoms with Crippen molar-refractivity contribution in [3.63, 3.8) is 0 Å². The number of nitrogens with zero attached hydrogens (tertiary/aromatic N) is 2. The number of aromatic amines is 1. The summed E-state index contributed by atoms with van der Waals surface area (Å²) < 4.78 is 5.73. The Labute approximate surface area is 135 Å². The third-order valence-electron chi connectivity index (χ3n) is 4.22. The van der Waals surface area contributed by atoms with Gasteiger partial charge in [0.05, 0.1) is 0 Å². The molecule has 0 fully saturated rings. The maximum absolute atomic E-state index is 12.4. The van der Waals surface area contributed by atoms with Crippen LogP contribution in [0.25, 0.3) is 11.3 Å². The highest BCUT2D eigenvalue weighted by atomic mass is 16.5. The van der Waals surface area contributed by atoms with Crippen molar-refractivity contribution < 1.29 is 9.53 Å². The van der Waals surface area contributed by atoms with Crippen LogP contribution in [0.1, 0.15) is 29.9 Å². The van der Waals surface area contributed by atoms with Crippen molar-refractivity contribution in [3.05, 3.63) is 35.5 Å². The molecule has 1 aliphatic heterocycles. The number of likely N-dealkylation sites (N-methyl/N-ethyl adjacent to an activating group) is 1. The van der Waals surface area contributed by atoms with E-state index in [1.54, 1.807) is 0 Å². The van der Waals surface area contributed by atoms with E-state index in [1.807, 2.05) is 24.3 Å². The number of ether oxygens (including phenoxy) is 1. The van der Waals surface area contributed by atoms with Gasteiger partial charge in [-0.05, 0) is 25.2 Å². The lowest BCUT2D eigenvalue weighted by Gasteiger charge is -2.18. The van der Waals surface area contributed by atoms with Gasteiger partial charge in [-0.2, -0.15) is 5.10 Å².